The van der Waals surface area contributed by atoms with Crippen LogP contribution in [0.1, 0.15) is 18.9 Å². The predicted molar refractivity (Wildman–Crippen MR) is 67.0 cm³/mol. The molecule has 0 heterocycles. The molecular formula is C12H18ClNO2. The van der Waals surface area contributed by atoms with Crippen LogP contribution >= 0.6 is 11.6 Å². The average molecular weight is 244 g/mol. The van der Waals surface area contributed by atoms with E-state index in [-0.39, 0.29) is 13.2 Å². The minimum absolute atomic E-state index is 0.0157. The normalized spacial score (nSPS) is 10.5. The largest absolute Gasteiger partial charge is 0.395 e. The fraction of sp³-hybridized carbons (Fsp3) is 0.500. The molecule has 0 amide bonds. The summed E-state index contributed by atoms with van der Waals surface area (Å²) < 4.78 is 0. The summed E-state index contributed by atoms with van der Waals surface area (Å²) in [6.07, 6.45) is 0.984. The number of hydrogen-bond donors (Lipinski definition) is 2. The summed E-state index contributed by atoms with van der Waals surface area (Å²) in [5, 5.41) is 18.9. The maximum absolute atomic E-state index is 9.26. The lowest BCUT2D eigenvalue weighted by atomic mass is 10.1. The summed E-state index contributed by atoms with van der Waals surface area (Å²) in [6.45, 7) is 3.55. The van der Waals surface area contributed by atoms with Gasteiger partial charge in [0.25, 0.3) is 0 Å². The second-order valence-corrected chi connectivity index (χ2v) is 4.08. The summed E-state index contributed by atoms with van der Waals surface area (Å²) in [7, 11) is 0. The van der Waals surface area contributed by atoms with E-state index in [1.165, 1.54) is 0 Å². The van der Waals surface area contributed by atoms with E-state index in [0.717, 1.165) is 24.2 Å². The third-order valence-electron chi connectivity index (χ3n) is 2.42. The van der Waals surface area contributed by atoms with Crippen LogP contribution in [-0.4, -0.2) is 29.9 Å². The third kappa shape index (κ3) is 3.37. The Morgan fingerprint density at radius 1 is 1.25 bits per heavy atom. The van der Waals surface area contributed by atoms with Gasteiger partial charge in [-0.25, -0.2) is 0 Å². The van der Waals surface area contributed by atoms with Crippen molar-refractivity contribution >= 4 is 17.3 Å². The van der Waals surface area contributed by atoms with Crippen LogP contribution in [0.2, 0.25) is 5.02 Å². The zero-order chi connectivity index (χ0) is 12.0. The van der Waals surface area contributed by atoms with Crippen molar-refractivity contribution in [2.24, 2.45) is 0 Å². The molecule has 1 aromatic carbocycles. The standard InChI is InChI=1S/C12H18ClNO2/c1-2-5-14(6-7-15)12-8-11(13)4-3-10(12)9-16/h3-4,8,15-16H,2,5-7,9H2,1H3. The highest BCUT2D eigenvalue weighted by Gasteiger charge is 2.10. The zero-order valence-corrected chi connectivity index (χ0v) is 10.2. The lowest BCUT2D eigenvalue weighted by Gasteiger charge is -2.25. The highest BCUT2D eigenvalue weighted by Crippen LogP contribution is 2.25. The first-order valence-corrected chi connectivity index (χ1v) is 5.85. The van der Waals surface area contributed by atoms with Gasteiger partial charge in [-0.15, -0.1) is 0 Å². The Hall–Kier alpha value is -0.770. The lowest BCUT2D eigenvalue weighted by molar-refractivity contribution is 0.280. The monoisotopic (exact) mass is 243 g/mol. The highest BCUT2D eigenvalue weighted by atomic mass is 35.5. The average Bonchev–Trinajstić information content (AvgIpc) is 2.29. The summed E-state index contributed by atoms with van der Waals surface area (Å²) in [5.74, 6) is 0. The summed E-state index contributed by atoms with van der Waals surface area (Å²) in [4.78, 5) is 2.04. The number of benzene rings is 1. The van der Waals surface area contributed by atoms with Gasteiger partial charge in [-0.2, -0.15) is 0 Å². The van der Waals surface area contributed by atoms with Crippen molar-refractivity contribution in [3.8, 4) is 0 Å². The molecule has 0 spiro atoms. The van der Waals surface area contributed by atoms with Crippen LogP contribution in [0.3, 0.4) is 0 Å². The van der Waals surface area contributed by atoms with E-state index in [0.29, 0.717) is 11.6 Å². The molecule has 0 atom stereocenters. The van der Waals surface area contributed by atoms with Crippen LogP contribution in [0.25, 0.3) is 0 Å². The Balaban J connectivity index is 3.00. The molecule has 1 aromatic rings. The van der Waals surface area contributed by atoms with Crippen LogP contribution in [0.5, 0.6) is 0 Å². The van der Waals surface area contributed by atoms with Crippen molar-refractivity contribution in [2.45, 2.75) is 20.0 Å². The van der Waals surface area contributed by atoms with Crippen LogP contribution in [-0.2, 0) is 6.61 Å². The molecule has 4 heteroatoms. The van der Waals surface area contributed by atoms with Crippen molar-refractivity contribution in [2.75, 3.05) is 24.6 Å². The molecule has 16 heavy (non-hydrogen) atoms. The molecule has 0 aromatic heterocycles. The van der Waals surface area contributed by atoms with Crippen molar-refractivity contribution < 1.29 is 10.2 Å². The first-order valence-electron chi connectivity index (χ1n) is 5.48. The number of hydrogen-bond acceptors (Lipinski definition) is 3. The van der Waals surface area contributed by atoms with E-state index < -0.39 is 0 Å². The number of nitrogens with zero attached hydrogens (tertiary/aromatic N) is 1. The molecule has 0 bridgehead atoms. The van der Waals surface area contributed by atoms with Crippen molar-refractivity contribution in [3.63, 3.8) is 0 Å². The smallest absolute Gasteiger partial charge is 0.0702 e. The van der Waals surface area contributed by atoms with Crippen LogP contribution in [0.4, 0.5) is 5.69 Å². The van der Waals surface area contributed by atoms with E-state index in [9.17, 15) is 5.11 Å². The molecule has 0 fully saturated rings. The Labute approximate surface area is 101 Å². The number of aliphatic hydroxyl groups is 2. The number of anilines is 1. The maximum atomic E-state index is 9.26. The second-order valence-electron chi connectivity index (χ2n) is 3.64. The molecule has 0 aliphatic carbocycles. The zero-order valence-electron chi connectivity index (χ0n) is 9.49. The summed E-state index contributed by atoms with van der Waals surface area (Å²) in [5.41, 5.74) is 1.75. The summed E-state index contributed by atoms with van der Waals surface area (Å²) >= 11 is 5.95. The van der Waals surface area contributed by atoms with Crippen LogP contribution < -0.4 is 4.90 Å². The number of rotatable bonds is 6. The lowest BCUT2D eigenvalue weighted by Crippen LogP contribution is -2.28. The predicted octanol–water partition coefficient (Wildman–Crippen LogP) is 2.04. The van der Waals surface area contributed by atoms with Crippen molar-refractivity contribution in [1.29, 1.82) is 0 Å². The molecule has 0 saturated heterocycles. The van der Waals surface area contributed by atoms with Crippen LogP contribution in [0, 0.1) is 0 Å². The molecule has 1 rings (SSSR count). The van der Waals surface area contributed by atoms with E-state index >= 15 is 0 Å². The van der Waals surface area contributed by atoms with Gasteiger partial charge < -0.3 is 15.1 Å². The fourth-order valence-corrected chi connectivity index (χ4v) is 1.87. The third-order valence-corrected chi connectivity index (χ3v) is 2.66. The van der Waals surface area contributed by atoms with E-state index in [2.05, 4.69) is 6.92 Å². The molecule has 0 aliphatic rings. The first-order chi connectivity index (χ1) is 7.72. The first kappa shape index (κ1) is 13.3. The van der Waals surface area contributed by atoms with Gasteiger partial charge in [-0.1, -0.05) is 24.6 Å². The molecule has 2 N–H and O–H groups in total. The fourth-order valence-electron chi connectivity index (χ4n) is 1.71. The molecule has 0 radical (unpaired) electrons. The van der Waals surface area contributed by atoms with E-state index in [4.69, 9.17) is 16.7 Å². The Morgan fingerprint density at radius 3 is 2.56 bits per heavy atom. The molecule has 0 unspecified atom stereocenters. The minimum atomic E-state index is -0.0157. The van der Waals surface area contributed by atoms with E-state index in [1.54, 1.807) is 6.07 Å². The van der Waals surface area contributed by atoms with Gasteiger partial charge in [0.05, 0.1) is 13.2 Å². The molecular weight excluding hydrogens is 226 g/mol. The van der Waals surface area contributed by atoms with Gasteiger partial charge in [0, 0.05) is 29.4 Å². The quantitative estimate of drug-likeness (QED) is 0.804. The minimum Gasteiger partial charge on any atom is -0.395 e. The molecule has 90 valence electrons. The molecule has 0 aliphatic heterocycles. The Bertz CT molecular complexity index is 325. The maximum Gasteiger partial charge on any atom is 0.0702 e. The van der Waals surface area contributed by atoms with Gasteiger partial charge in [-0.3, -0.25) is 0 Å². The van der Waals surface area contributed by atoms with Crippen molar-refractivity contribution in [1.82, 2.24) is 0 Å². The Kier molecular flexibility index (Phi) is 5.60. The van der Waals surface area contributed by atoms with E-state index in [1.807, 2.05) is 17.0 Å². The molecule has 3 nitrogen and oxygen atoms in total. The Morgan fingerprint density at radius 2 is 2.00 bits per heavy atom. The number of aliphatic hydroxyl groups excluding tert-OH is 2. The number of halogens is 1. The van der Waals surface area contributed by atoms with Gasteiger partial charge in [0.2, 0.25) is 0 Å². The highest BCUT2D eigenvalue weighted by molar-refractivity contribution is 6.30. The summed E-state index contributed by atoms with van der Waals surface area (Å²) in [6, 6.07) is 5.41. The SMILES string of the molecule is CCCN(CCO)c1cc(Cl)ccc1CO. The van der Waals surface area contributed by atoms with Gasteiger partial charge in [0.15, 0.2) is 0 Å². The second kappa shape index (κ2) is 6.74. The van der Waals surface area contributed by atoms with Crippen LogP contribution in [0.15, 0.2) is 18.2 Å². The van der Waals surface area contributed by atoms with Crippen molar-refractivity contribution in [3.05, 3.63) is 28.8 Å². The van der Waals surface area contributed by atoms with Gasteiger partial charge in [0.1, 0.15) is 0 Å². The van der Waals surface area contributed by atoms with Gasteiger partial charge in [-0.05, 0) is 18.6 Å². The molecule has 0 saturated carbocycles. The van der Waals surface area contributed by atoms with Gasteiger partial charge >= 0.3 is 0 Å². The topological polar surface area (TPSA) is 43.7 Å².